The maximum atomic E-state index is 11.7. The number of benzene rings is 2. The molecule has 134 valence electrons. The first kappa shape index (κ1) is 16.5. The van der Waals surface area contributed by atoms with E-state index in [1.807, 2.05) is 49.4 Å². The molecular formula is C19H17N7O. The molecule has 8 nitrogen and oxygen atoms in total. The van der Waals surface area contributed by atoms with Crippen molar-refractivity contribution in [1.82, 2.24) is 20.2 Å². The van der Waals surface area contributed by atoms with Gasteiger partial charge in [0.05, 0.1) is 11.7 Å². The fourth-order valence-electron chi connectivity index (χ4n) is 2.73. The third kappa shape index (κ3) is 3.54. The quantitative estimate of drug-likeness (QED) is 0.434. The Hall–Kier alpha value is -3.94. The molecule has 2 aromatic carbocycles. The van der Waals surface area contributed by atoms with Crippen LogP contribution in [0.25, 0.3) is 10.9 Å². The lowest BCUT2D eigenvalue weighted by Gasteiger charge is -2.12. The number of aryl methyl sites for hydroxylation is 1. The SMILES string of the molecule is Cc1cccc(Nc2nc(Nc3ccc4[nH]ncc4c3)ncc2C(N)=O)c1. The third-order valence-electron chi connectivity index (χ3n) is 4.03. The van der Waals surface area contributed by atoms with Gasteiger partial charge in [-0.2, -0.15) is 10.1 Å². The minimum atomic E-state index is -0.600. The molecule has 2 heterocycles. The van der Waals surface area contributed by atoms with Crippen LogP contribution in [0.4, 0.5) is 23.1 Å². The molecule has 5 N–H and O–H groups in total. The number of carbonyl (C=O) groups excluding carboxylic acids is 1. The first-order valence-corrected chi connectivity index (χ1v) is 8.29. The molecular weight excluding hydrogens is 342 g/mol. The van der Waals surface area contributed by atoms with Crippen LogP contribution in [0.1, 0.15) is 15.9 Å². The van der Waals surface area contributed by atoms with Crippen LogP contribution < -0.4 is 16.4 Å². The molecule has 0 fully saturated rings. The van der Waals surface area contributed by atoms with Gasteiger partial charge in [-0.1, -0.05) is 12.1 Å². The van der Waals surface area contributed by atoms with E-state index in [0.29, 0.717) is 11.8 Å². The van der Waals surface area contributed by atoms with Crippen molar-refractivity contribution in [2.24, 2.45) is 5.73 Å². The monoisotopic (exact) mass is 359 g/mol. The molecule has 0 spiro atoms. The van der Waals surface area contributed by atoms with Crippen molar-refractivity contribution in [3.63, 3.8) is 0 Å². The number of hydrogen-bond donors (Lipinski definition) is 4. The number of hydrogen-bond acceptors (Lipinski definition) is 6. The summed E-state index contributed by atoms with van der Waals surface area (Å²) in [5.74, 6) is 0.0875. The molecule has 0 radical (unpaired) electrons. The van der Waals surface area contributed by atoms with Crippen molar-refractivity contribution < 1.29 is 4.79 Å². The molecule has 0 unspecified atom stereocenters. The number of carbonyl (C=O) groups is 1. The van der Waals surface area contributed by atoms with E-state index in [1.165, 1.54) is 6.20 Å². The largest absolute Gasteiger partial charge is 0.365 e. The second-order valence-electron chi connectivity index (χ2n) is 6.11. The molecule has 0 atom stereocenters. The number of aromatic nitrogens is 4. The van der Waals surface area contributed by atoms with Crippen molar-refractivity contribution in [3.05, 3.63) is 66.0 Å². The highest BCUT2D eigenvalue weighted by molar-refractivity contribution is 5.98. The number of anilines is 4. The van der Waals surface area contributed by atoms with E-state index in [9.17, 15) is 4.79 Å². The zero-order valence-electron chi connectivity index (χ0n) is 14.5. The van der Waals surface area contributed by atoms with Gasteiger partial charge in [0, 0.05) is 23.0 Å². The van der Waals surface area contributed by atoms with Crippen LogP contribution in [-0.4, -0.2) is 26.1 Å². The van der Waals surface area contributed by atoms with E-state index in [0.717, 1.165) is 27.8 Å². The molecule has 4 rings (SSSR count). The van der Waals surface area contributed by atoms with Gasteiger partial charge in [0.25, 0.3) is 5.91 Å². The van der Waals surface area contributed by atoms with Gasteiger partial charge < -0.3 is 16.4 Å². The fraction of sp³-hybridized carbons (Fsp3) is 0.0526. The maximum Gasteiger partial charge on any atom is 0.254 e. The van der Waals surface area contributed by atoms with Gasteiger partial charge >= 0.3 is 0 Å². The van der Waals surface area contributed by atoms with Crippen molar-refractivity contribution >= 4 is 40.0 Å². The number of nitrogens with two attached hydrogens (primary N) is 1. The Kier molecular flexibility index (Phi) is 4.13. The summed E-state index contributed by atoms with van der Waals surface area (Å²) in [4.78, 5) is 20.4. The van der Waals surface area contributed by atoms with Crippen LogP contribution in [0.3, 0.4) is 0 Å². The summed E-state index contributed by atoms with van der Waals surface area (Å²) in [5.41, 5.74) is 9.31. The van der Waals surface area contributed by atoms with E-state index in [-0.39, 0.29) is 5.56 Å². The zero-order chi connectivity index (χ0) is 18.8. The van der Waals surface area contributed by atoms with Gasteiger partial charge in [-0.25, -0.2) is 4.98 Å². The standard InChI is InChI=1S/C19H17N7O/c1-11-3-2-4-13(7-11)23-18-15(17(20)27)10-21-19(25-18)24-14-5-6-16-12(8-14)9-22-26-16/h2-10H,1H3,(H2,20,27)(H,22,26)(H2,21,23,24,25). The molecule has 8 heteroatoms. The van der Waals surface area contributed by atoms with Crippen molar-refractivity contribution in [3.8, 4) is 0 Å². The molecule has 4 aromatic rings. The number of aromatic amines is 1. The normalized spacial score (nSPS) is 10.7. The van der Waals surface area contributed by atoms with Gasteiger partial charge in [0.1, 0.15) is 11.4 Å². The lowest BCUT2D eigenvalue weighted by Crippen LogP contribution is -2.15. The highest BCUT2D eigenvalue weighted by Gasteiger charge is 2.13. The summed E-state index contributed by atoms with van der Waals surface area (Å²) in [6, 6.07) is 13.5. The molecule has 0 aliphatic rings. The first-order valence-electron chi connectivity index (χ1n) is 8.29. The van der Waals surface area contributed by atoms with Gasteiger partial charge in [0.15, 0.2) is 0 Å². The first-order chi connectivity index (χ1) is 13.1. The van der Waals surface area contributed by atoms with Gasteiger partial charge in [0.2, 0.25) is 5.95 Å². The number of H-pyrrole nitrogens is 1. The highest BCUT2D eigenvalue weighted by atomic mass is 16.1. The predicted molar refractivity (Wildman–Crippen MR) is 104 cm³/mol. The lowest BCUT2D eigenvalue weighted by atomic mass is 10.2. The summed E-state index contributed by atoms with van der Waals surface area (Å²) in [7, 11) is 0. The Morgan fingerprint density at radius 1 is 1.07 bits per heavy atom. The van der Waals surface area contributed by atoms with Gasteiger partial charge in [-0.15, -0.1) is 0 Å². The molecule has 0 saturated heterocycles. The van der Waals surface area contributed by atoms with E-state index in [4.69, 9.17) is 5.73 Å². The van der Waals surface area contributed by atoms with E-state index in [1.54, 1.807) is 6.20 Å². The Morgan fingerprint density at radius 2 is 1.93 bits per heavy atom. The van der Waals surface area contributed by atoms with Gasteiger partial charge in [-0.05, 0) is 42.8 Å². The van der Waals surface area contributed by atoms with Crippen LogP contribution in [-0.2, 0) is 0 Å². The number of nitrogens with zero attached hydrogens (tertiary/aromatic N) is 3. The molecule has 1 amide bonds. The van der Waals surface area contributed by atoms with Crippen molar-refractivity contribution in [2.75, 3.05) is 10.6 Å². The Labute approximate surface area is 154 Å². The molecule has 27 heavy (non-hydrogen) atoms. The molecule has 0 aliphatic heterocycles. The topological polar surface area (TPSA) is 122 Å². The summed E-state index contributed by atoms with van der Waals surface area (Å²) in [6.07, 6.45) is 3.15. The van der Waals surface area contributed by atoms with E-state index < -0.39 is 5.91 Å². The predicted octanol–water partition coefficient (Wildman–Crippen LogP) is 3.25. The van der Waals surface area contributed by atoms with Gasteiger partial charge in [-0.3, -0.25) is 9.89 Å². The number of nitrogens with one attached hydrogen (secondary N) is 3. The minimum Gasteiger partial charge on any atom is -0.365 e. The lowest BCUT2D eigenvalue weighted by molar-refractivity contribution is 0.100. The summed E-state index contributed by atoms with van der Waals surface area (Å²) >= 11 is 0. The van der Waals surface area contributed by atoms with Crippen LogP contribution in [0.2, 0.25) is 0 Å². The van der Waals surface area contributed by atoms with Crippen molar-refractivity contribution in [2.45, 2.75) is 6.92 Å². The summed E-state index contributed by atoms with van der Waals surface area (Å²) < 4.78 is 0. The second-order valence-corrected chi connectivity index (χ2v) is 6.11. The molecule has 0 aliphatic carbocycles. The van der Waals surface area contributed by atoms with E-state index >= 15 is 0 Å². The molecule has 0 bridgehead atoms. The van der Waals surface area contributed by atoms with Crippen LogP contribution in [0.5, 0.6) is 0 Å². The Bertz CT molecular complexity index is 1140. The number of primary amides is 1. The average Bonchev–Trinajstić information content (AvgIpc) is 3.09. The van der Waals surface area contributed by atoms with E-state index in [2.05, 4.69) is 30.8 Å². The summed E-state index contributed by atoms with van der Waals surface area (Å²) in [6.45, 7) is 1.99. The molecule has 2 aromatic heterocycles. The van der Waals surface area contributed by atoms with Crippen molar-refractivity contribution in [1.29, 1.82) is 0 Å². The Morgan fingerprint density at radius 3 is 2.74 bits per heavy atom. The number of fused-ring (bicyclic) bond motifs is 1. The zero-order valence-corrected chi connectivity index (χ0v) is 14.5. The maximum absolute atomic E-state index is 11.7. The van der Waals surface area contributed by atoms with Crippen LogP contribution in [0, 0.1) is 6.92 Å². The smallest absolute Gasteiger partial charge is 0.254 e. The number of rotatable bonds is 5. The van der Waals surface area contributed by atoms with Crippen LogP contribution >= 0.6 is 0 Å². The molecule has 0 saturated carbocycles. The number of amides is 1. The summed E-state index contributed by atoms with van der Waals surface area (Å²) in [5, 5.41) is 14.1. The van der Waals surface area contributed by atoms with Crippen LogP contribution in [0.15, 0.2) is 54.9 Å². The third-order valence-corrected chi connectivity index (χ3v) is 4.03. The minimum absolute atomic E-state index is 0.215. The highest BCUT2D eigenvalue weighted by Crippen LogP contribution is 2.23. The fourth-order valence-corrected chi connectivity index (χ4v) is 2.73. The second kappa shape index (κ2) is 6.75. The Balaban J connectivity index is 1.66. The average molecular weight is 359 g/mol.